The van der Waals surface area contributed by atoms with Crippen LogP contribution in [0.1, 0.15) is 39.3 Å². The molecule has 0 aliphatic carbocycles. The molecule has 1 aromatic heterocycles. The van der Waals surface area contributed by atoms with E-state index in [0.29, 0.717) is 0 Å². The fourth-order valence-electron chi connectivity index (χ4n) is 3.39. The highest BCUT2D eigenvalue weighted by Crippen LogP contribution is 2.16. The van der Waals surface area contributed by atoms with Crippen molar-refractivity contribution in [2.75, 3.05) is 45.9 Å². The summed E-state index contributed by atoms with van der Waals surface area (Å²) in [4.78, 5) is 19.2. The van der Waals surface area contributed by atoms with Crippen molar-refractivity contribution in [2.45, 2.75) is 52.6 Å². The number of nitrogens with one attached hydrogen (secondary N) is 2. The molecule has 1 fully saturated rings. The summed E-state index contributed by atoms with van der Waals surface area (Å²) in [6.45, 7) is 15.2. The van der Waals surface area contributed by atoms with E-state index in [0.717, 1.165) is 77.0 Å². The summed E-state index contributed by atoms with van der Waals surface area (Å²) in [5.41, 5.74) is 1.10. The lowest BCUT2D eigenvalue weighted by atomic mass is 10.0. The zero-order valence-corrected chi connectivity index (χ0v) is 18.0. The number of nitrogens with zero attached hydrogens (tertiary/aromatic N) is 3. The predicted octanol–water partition coefficient (Wildman–Crippen LogP) is 1.60. The summed E-state index contributed by atoms with van der Waals surface area (Å²) < 4.78 is 7.30. The Kier molecular flexibility index (Phi) is 8.99. The first-order chi connectivity index (χ1) is 13.4. The lowest BCUT2D eigenvalue weighted by molar-refractivity contribution is -0.00683. The van der Waals surface area contributed by atoms with Crippen molar-refractivity contribution >= 4 is 5.96 Å². The van der Waals surface area contributed by atoms with Crippen molar-refractivity contribution in [2.24, 2.45) is 4.99 Å². The van der Waals surface area contributed by atoms with Gasteiger partial charge < -0.3 is 19.9 Å². The highest BCUT2D eigenvalue weighted by molar-refractivity contribution is 5.79. The van der Waals surface area contributed by atoms with Crippen LogP contribution < -0.4 is 16.2 Å². The van der Waals surface area contributed by atoms with E-state index in [-0.39, 0.29) is 11.1 Å². The molecule has 0 amide bonds. The van der Waals surface area contributed by atoms with Gasteiger partial charge >= 0.3 is 0 Å². The van der Waals surface area contributed by atoms with Crippen LogP contribution in [0.5, 0.6) is 0 Å². The first-order valence-electron chi connectivity index (χ1n) is 10.5. The minimum Gasteiger partial charge on any atom is -0.379 e. The number of pyridine rings is 1. The second kappa shape index (κ2) is 11.2. The van der Waals surface area contributed by atoms with Gasteiger partial charge in [-0.3, -0.25) is 14.7 Å². The number of morpholine rings is 1. The number of aromatic nitrogens is 1. The van der Waals surface area contributed by atoms with Gasteiger partial charge in [-0.25, -0.2) is 0 Å². The van der Waals surface area contributed by atoms with Crippen LogP contribution in [0.4, 0.5) is 0 Å². The van der Waals surface area contributed by atoms with Crippen molar-refractivity contribution in [1.82, 2.24) is 20.1 Å². The van der Waals surface area contributed by atoms with Gasteiger partial charge in [-0.15, -0.1) is 0 Å². The molecule has 0 unspecified atom stereocenters. The van der Waals surface area contributed by atoms with E-state index in [1.54, 1.807) is 6.07 Å². The fourth-order valence-corrected chi connectivity index (χ4v) is 3.39. The molecule has 2 N–H and O–H groups in total. The van der Waals surface area contributed by atoms with Crippen molar-refractivity contribution in [3.8, 4) is 0 Å². The molecule has 0 bridgehead atoms. The monoisotopic (exact) mass is 391 g/mol. The largest absolute Gasteiger partial charge is 0.379 e. The van der Waals surface area contributed by atoms with E-state index in [1.165, 1.54) is 0 Å². The number of unbranched alkanes of at least 4 members (excludes halogenated alkanes) is 1. The Labute approximate surface area is 169 Å². The number of aliphatic imine (C=N–C) groups is 1. The second-order valence-electron chi connectivity index (χ2n) is 7.90. The van der Waals surface area contributed by atoms with Crippen molar-refractivity contribution in [3.05, 3.63) is 34.2 Å². The number of hydrogen-bond donors (Lipinski definition) is 2. The Morgan fingerprint density at radius 3 is 2.64 bits per heavy atom. The van der Waals surface area contributed by atoms with Gasteiger partial charge in [-0.2, -0.15) is 0 Å². The van der Waals surface area contributed by atoms with Gasteiger partial charge in [0.2, 0.25) is 0 Å². The molecule has 0 aromatic carbocycles. The van der Waals surface area contributed by atoms with Gasteiger partial charge in [-0.05, 0) is 46.6 Å². The van der Waals surface area contributed by atoms with Crippen LogP contribution in [0.2, 0.25) is 0 Å². The number of rotatable bonds is 9. The summed E-state index contributed by atoms with van der Waals surface area (Å²) in [7, 11) is 0. The van der Waals surface area contributed by atoms with Gasteiger partial charge in [0.25, 0.3) is 5.56 Å². The van der Waals surface area contributed by atoms with Gasteiger partial charge in [-0.1, -0.05) is 6.07 Å². The van der Waals surface area contributed by atoms with Gasteiger partial charge in [0.15, 0.2) is 5.96 Å². The first-order valence-corrected chi connectivity index (χ1v) is 10.5. The maximum absolute atomic E-state index is 11.9. The number of hydrogen-bond acceptors (Lipinski definition) is 4. The highest BCUT2D eigenvalue weighted by Gasteiger charge is 2.28. The molecule has 7 nitrogen and oxygen atoms in total. The summed E-state index contributed by atoms with van der Waals surface area (Å²) in [6.07, 6.45) is 1.94. The molecule has 7 heteroatoms. The van der Waals surface area contributed by atoms with Crippen LogP contribution in [0.3, 0.4) is 0 Å². The molecule has 1 aromatic rings. The fraction of sp³-hybridized carbons (Fsp3) is 0.714. The molecule has 2 rings (SSSR count). The van der Waals surface area contributed by atoms with Crippen LogP contribution >= 0.6 is 0 Å². The standard InChI is InChI=1S/C21H37N5O2/c1-5-22-20(24-17-21(3,4)25-13-15-28-16-14-25)23-11-6-7-12-26-18(2)9-8-10-19(26)27/h8-10H,5-7,11-17H2,1-4H3,(H2,22,23,24). The molecular weight excluding hydrogens is 354 g/mol. The average molecular weight is 392 g/mol. The minimum atomic E-state index is 0.0120. The molecule has 1 aliphatic heterocycles. The van der Waals surface area contributed by atoms with E-state index in [1.807, 2.05) is 23.6 Å². The lowest BCUT2D eigenvalue weighted by Crippen LogP contribution is -2.52. The molecule has 2 heterocycles. The van der Waals surface area contributed by atoms with E-state index in [2.05, 4.69) is 36.3 Å². The summed E-state index contributed by atoms with van der Waals surface area (Å²) in [5, 5.41) is 6.75. The summed E-state index contributed by atoms with van der Waals surface area (Å²) in [5.74, 6) is 0.858. The average Bonchev–Trinajstić information content (AvgIpc) is 2.68. The topological polar surface area (TPSA) is 70.9 Å². The molecule has 0 saturated carbocycles. The molecule has 0 radical (unpaired) electrons. The normalized spacial score (nSPS) is 16.2. The van der Waals surface area contributed by atoms with Crippen molar-refractivity contribution < 1.29 is 4.74 Å². The third-order valence-electron chi connectivity index (χ3n) is 5.20. The Morgan fingerprint density at radius 2 is 1.96 bits per heavy atom. The van der Waals surface area contributed by atoms with Crippen LogP contribution in [0.15, 0.2) is 28.0 Å². The van der Waals surface area contributed by atoms with Crippen LogP contribution in [-0.4, -0.2) is 66.9 Å². The van der Waals surface area contributed by atoms with Crippen LogP contribution in [-0.2, 0) is 11.3 Å². The second-order valence-corrected chi connectivity index (χ2v) is 7.90. The zero-order chi connectivity index (χ0) is 20.4. The SMILES string of the molecule is CCNC(=NCC(C)(C)N1CCOCC1)NCCCCn1c(C)cccc1=O. The van der Waals surface area contributed by atoms with Crippen molar-refractivity contribution in [3.63, 3.8) is 0 Å². The lowest BCUT2D eigenvalue weighted by Gasteiger charge is -2.39. The number of guanidine groups is 1. The van der Waals surface area contributed by atoms with E-state index in [9.17, 15) is 4.79 Å². The van der Waals surface area contributed by atoms with Gasteiger partial charge in [0.05, 0.1) is 19.8 Å². The molecule has 158 valence electrons. The molecule has 1 saturated heterocycles. The maximum atomic E-state index is 11.9. The molecule has 1 aliphatic rings. The van der Waals surface area contributed by atoms with E-state index in [4.69, 9.17) is 9.73 Å². The zero-order valence-electron chi connectivity index (χ0n) is 18.0. The van der Waals surface area contributed by atoms with Crippen LogP contribution in [0, 0.1) is 6.92 Å². The maximum Gasteiger partial charge on any atom is 0.250 e. The minimum absolute atomic E-state index is 0.0120. The third-order valence-corrected chi connectivity index (χ3v) is 5.20. The number of aryl methyl sites for hydroxylation is 1. The molecule has 0 spiro atoms. The Morgan fingerprint density at radius 1 is 1.21 bits per heavy atom. The van der Waals surface area contributed by atoms with E-state index >= 15 is 0 Å². The van der Waals surface area contributed by atoms with Crippen molar-refractivity contribution in [1.29, 1.82) is 0 Å². The quantitative estimate of drug-likeness (QED) is 0.380. The van der Waals surface area contributed by atoms with Crippen LogP contribution in [0.25, 0.3) is 0 Å². The van der Waals surface area contributed by atoms with Gasteiger partial charge in [0.1, 0.15) is 0 Å². The molecule has 0 atom stereocenters. The Bertz CT molecular complexity index is 678. The molecular formula is C21H37N5O2. The summed E-state index contributed by atoms with van der Waals surface area (Å²) in [6, 6.07) is 5.41. The Hall–Kier alpha value is -1.86. The van der Waals surface area contributed by atoms with Gasteiger partial charge in [0, 0.05) is 50.0 Å². The smallest absolute Gasteiger partial charge is 0.250 e. The third kappa shape index (κ3) is 6.95. The van der Waals surface area contributed by atoms with E-state index < -0.39 is 0 Å². The summed E-state index contributed by atoms with van der Waals surface area (Å²) >= 11 is 0. The number of ether oxygens (including phenoxy) is 1. The Balaban J connectivity index is 1.78. The highest BCUT2D eigenvalue weighted by atomic mass is 16.5. The predicted molar refractivity (Wildman–Crippen MR) is 115 cm³/mol. The first kappa shape index (κ1) is 22.4. The molecule has 28 heavy (non-hydrogen) atoms.